The Morgan fingerprint density at radius 1 is 1.25 bits per heavy atom. The summed E-state index contributed by atoms with van der Waals surface area (Å²) in [6.45, 7) is 3.10. The summed E-state index contributed by atoms with van der Waals surface area (Å²) in [5, 5.41) is 35.7. The molecule has 4 N–H and O–H groups in total. The first-order valence-corrected chi connectivity index (χ1v) is 16.0. The van der Waals surface area contributed by atoms with Gasteiger partial charge in [-0.1, -0.05) is 36.4 Å². The fourth-order valence-corrected chi connectivity index (χ4v) is 6.59. The summed E-state index contributed by atoms with van der Waals surface area (Å²) in [6, 6.07) is 15.0. The largest absolute Gasteiger partial charge is 0.436 e. The average Bonchev–Trinajstić information content (AvgIpc) is 3.54. The van der Waals surface area contributed by atoms with Crippen LogP contribution in [0, 0.1) is 18.3 Å². The number of nitrogens with zero attached hydrogens (tertiary/aromatic N) is 3. The van der Waals surface area contributed by atoms with E-state index in [2.05, 4.69) is 21.7 Å². The molecule has 1 aliphatic heterocycles. The minimum absolute atomic E-state index is 0.0837. The highest BCUT2D eigenvalue weighted by atomic mass is 35.5. The smallest absolute Gasteiger partial charge is 0.271 e. The highest BCUT2D eigenvalue weighted by Gasteiger charge is 2.47. The molecule has 6 rings (SSSR count). The maximum absolute atomic E-state index is 14.0. The number of aromatic nitrogens is 2. The van der Waals surface area contributed by atoms with Gasteiger partial charge in [-0.25, -0.2) is 4.98 Å². The molecule has 1 fully saturated rings. The number of aliphatic hydroxyl groups excluding tert-OH is 2. The Balaban J connectivity index is 1.42. The summed E-state index contributed by atoms with van der Waals surface area (Å²) in [5.74, 6) is -0.465. The van der Waals surface area contributed by atoms with Gasteiger partial charge in [0.1, 0.15) is 17.3 Å². The second-order valence-corrected chi connectivity index (χ2v) is 12.4. The molecule has 1 aliphatic carbocycles. The van der Waals surface area contributed by atoms with Crippen LogP contribution >= 0.6 is 11.6 Å². The zero-order valence-corrected chi connectivity index (χ0v) is 27.3. The number of rotatable bonds is 10. The molecule has 0 spiro atoms. The highest BCUT2D eigenvalue weighted by molar-refractivity contribution is 6.28. The van der Waals surface area contributed by atoms with Crippen molar-refractivity contribution in [1.82, 2.24) is 20.6 Å². The van der Waals surface area contributed by atoms with Crippen molar-refractivity contribution in [2.45, 2.75) is 56.2 Å². The van der Waals surface area contributed by atoms with E-state index in [1.54, 1.807) is 24.3 Å². The maximum Gasteiger partial charge on any atom is 0.271 e. The molecule has 3 heterocycles. The molecule has 2 aromatic carbocycles. The molecule has 0 saturated carbocycles. The lowest BCUT2D eigenvalue weighted by Crippen LogP contribution is -2.52. The summed E-state index contributed by atoms with van der Waals surface area (Å²) in [7, 11) is 1.53. The minimum Gasteiger partial charge on any atom is -0.436 e. The van der Waals surface area contributed by atoms with E-state index >= 15 is 0 Å². The number of aliphatic hydroxyl groups is 2. The first kappa shape index (κ1) is 33.5. The number of hydrogen-bond donors (Lipinski definition) is 4. The van der Waals surface area contributed by atoms with Crippen LogP contribution in [0.3, 0.4) is 0 Å². The molecule has 2 aromatic heterocycles. The van der Waals surface area contributed by atoms with Crippen LogP contribution < -0.4 is 10.6 Å². The van der Waals surface area contributed by atoms with Gasteiger partial charge < -0.3 is 34.7 Å². The maximum atomic E-state index is 14.0. The van der Waals surface area contributed by atoms with Crippen molar-refractivity contribution in [3.8, 4) is 6.07 Å². The number of ether oxygens (including phenoxy) is 2. The van der Waals surface area contributed by atoms with E-state index in [9.17, 15) is 20.3 Å². The van der Waals surface area contributed by atoms with E-state index in [0.717, 1.165) is 22.3 Å². The molecule has 4 aromatic rings. The van der Waals surface area contributed by atoms with Crippen LogP contribution in [0.25, 0.3) is 16.7 Å². The zero-order valence-electron chi connectivity index (χ0n) is 26.6. The molecule has 0 bridgehead atoms. The van der Waals surface area contributed by atoms with Crippen LogP contribution in [-0.2, 0) is 34.8 Å². The van der Waals surface area contributed by atoms with Crippen LogP contribution in [0.5, 0.6) is 0 Å². The van der Waals surface area contributed by atoms with Gasteiger partial charge in [0, 0.05) is 38.1 Å². The SMILES string of the molecule is COCc1cc(C(=O)NC2(c3nc4cc(CN[C@@H]5CCOC[C@H]5O)cc(C#N)c4o3)C=CC=C(c3ccccc3C)C2Cl)ncc1CO. The molecular formula is C36H36ClN5O6. The first-order valence-electron chi connectivity index (χ1n) is 15.6. The van der Waals surface area contributed by atoms with E-state index in [1.807, 2.05) is 43.3 Å². The number of fused-ring (bicyclic) bond motifs is 1. The summed E-state index contributed by atoms with van der Waals surface area (Å²) >= 11 is 7.37. The summed E-state index contributed by atoms with van der Waals surface area (Å²) < 4.78 is 17.0. The number of carbonyl (C=O) groups excluding carboxylic acids is 1. The number of pyridine rings is 1. The number of halogens is 1. The number of allylic oxidation sites excluding steroid dienone is 2. The molecule has 11 nitrogen and oxygen atoms in total. The number of oxazole rings is 1. The second-order valence-electron chi connectivity index (χ2n) is 12.0. The number of nitriles is 1. The molecular weight excluding hydrogens is 634 g/mol. The summed E-state index contributed by atoms with van der Waals surface area (Å²) in [6.07, 6.45) is 6.90. The molecule has 12 heteroatoms. The molecule has 248 valence electrons. The van der Waals surface area contributed by atoms with Crippen molar-refractivity contribution in [1.29, 1.82) is 5.26 Å². The van der Waals surface area contributed by atoms with Crippen molar-refractivity contribution in [2.24, 2.45) is 0 Å². The van der Waals surface area contributed by atoms with Crippen LogP contribution in [0.1, 0.15) is 56.2 Å². The molecule has 1 saturated heterocycles. The van der Waals surface area contributed by atoms with Crippen LogP contribution in [0.2, 0.25) is 0 Å². The third kappa shape index (κ3) is 6.51. The predicted octanol–water partition coefficient (Wildman–Crippen LogP) is 4.17. The lowest BCUT2D eigenvalue weighted by atomic mass is 9.81. The fourth-order valence-electron chi connectivity index (χ4n) is 6.18. The van der Waals surface area contributed by atoms with Gasteiger partial charge in [0.15, 0.2) is 11.1 Å². The Hall–Kier alpha value is -4.41. The van der Waals surface area contributed by atoms with Gasteiger partial charge in [-0.2, -0.15) is 5.26 Å². The third-order valence-corrected chi connectivity index (χ3v) is 9.37. The average molecular weight is 670 g/mol. The molecule has 48 heavy (non-hydrogen) atoms. The van der Waals surface area contributed by atoms with Crippen molar-refractivity contribution < 1.29 is 28.9 Å². The minimum atomic E-state index is -1.50. The van der Waals surface area contributed by atoms with Gasteiger partial charge in [0.05, 0.1) is 36.9 Å². The Morgan fingerprint density at radius 3 is 2.83 bits per heavy atom. The van der Waals surface area contributed by atoms with Gasteiger partial charge in [0.25, 0.3) is 5.91 Å². The van der Waals surface area contributed by atoms with Gasteiger partial charge in [0.2, 0.25) is 5.89 Å². The van der Waals surface area contributed by atoms with E-state index in [4.69, 9.17) is 30.5 Å². The van der Waals surface area contributed by atoms with E-state index in [-0.39, 0.29) is 48.6 Å². The first-order chi connectivity index (χ1) is 23.3. The van der Waals surface area contributed by atoms with Crippen LogP contribution in [0.4, 0.5) is 0 Å². The number of amides is 1. The Labute approximate surface area is 282 Å². The normalized spacial score (nSPS) is 22.3. The van der Waals surface area contributed by atoms with Crippen molar-refractivity contribution in [3.63, 3.8) is 0 Å². The molecule has 4 atom stereocenters. The van der Waals surface area contributed by atoms with Gasteiger partial charge in [-0.05, 0) is 65.4 Å². The Bertz CT molecular complexity index is 1930. The van der Waals surface area contributed by atoms with E-state index < -0.39 is 22.9 Å². The number of hydrogen-bond acceptors (Lipinski definition) is 10. The van der Waals surface area contributed by atoms with Crippen LogP contribution in [0.15, 0.2) is 71.3 Å². The third-order valence-electron chi connectivity index (χ3n) is 8.79. The number of aryl methyl sites for hydroxylation is 1. The zero-order chi connectivity index (χ0) is 33.8. The second kappa shape index (κ2) is 14.4. The molecule has 0 radical (unpaired) electrons. The fraction of sp³-hybridized carbons (Fsp3) is 0.333. The standard InChI is InChI=1S/C36H36ClN5O6/c1-21-6-3-4-7-26(21)27-8-5-10-36(33(27)37,42-34(45)30-14-24(19-46-2)25(18-43)17-40-30)35-41-29-13-22(12-23(15-38)32(29)48-35)16-39-28-9-11-47-20-31(28)44/h3-8,10,12-14,17,28,31,33,39,43-44H,9,11,16,18-20H2,1-2H3,(H,42,45)/t28-,31-,33?,36?/m1/s1. The van der Waals surface area contributed by atoms with Crippen molar-refractivity contribution >= 4 is 34.2 Å². The molecule has 2 unspecified atom stereocenters. The summed E-state index contributed by atoms with van der Waals surface area (Å²) in [4.78, 5) is 23.2. The predicted molar refractivity (Wildman–Crippen MR) is 179 cm³/mol. The summed E-state index contributed by atoms with van der Waals surface area (Å²) in [5.41, 5.74) is 4.08. The molecule has 2 aliphatic rings. The Morgan fingerprint density at radius 2 is 2.08 bits per heavy atom. The van der Waals surface area contributed by atoms with E-state index in [0.29, 0.717) is 36.2 Å². The number of nitrogens with one attached hydrogen (secondary N) is 2. The number of alkyl halides is 1. The topological polar surface area (TPSA) is 163 Å². The lowest BCUT2D eigenvalue weighted by Gasteiger charge is -2.36. The monoisotopic (exact) mass is 669 g/mol. The Kier molecular flexibility index (Phi) is 10.0. The lowest BCUT2D eigenvalue weighted by molar-refractivity contribution is -0.0280. The van der Waals surface area contributed by atoms with Crippen molar-refractivity contribution in [2.75, 3.05) is 20.3 Å². The van der Waals surface area contributed by atoms with E-state index in [1.165, 1.54) is 13.3 Å². The number of methoxy groups -OCH3 is 1. The van der Waals surface area contributed by atoms with Gasteiger partial charge in [-0.15, -0.1) is 11.6 Å². The van der Waals surface area contributed by atoms with Gasteiger partial charge >= 0.3 is 0 Å². The van der Waals surface area contributed by atoms with Crippen LogP contribution in [-0.4, -0.2) is 63.9 Å². The highest BCUT2D eigenvalue weighted by Crippen LogP contribution is 2.43. The number of benzene rings is 2. The molecule has 1 amide bonds. The van der Waals surface area contributed by atoms with Gasteiger partial charge in [-0.3, -0.25) is 9.78 Å². The number of carbonyl (C=O) groups is 1. The quantitative estimate of drug-likeness (QED) is 0.180. The van der Waals surface area contributed by atoms with Crippen molar-refractivity contribution in [3.05, 3.63) is 112 Å².